The summed E-state index contributed by atoms with van der Waals surface area (Å²) in [6, 6.07) is 0. The molecule has 0 saturated heterocycles. The maximum atomic E-state index is 5.75. The molecule has 2 N–H and O–H groups in total. The molecule has 0 aliphatic heterocycles. The molecular weight excluding hydrogens is 174 g/mol. The molecule has 3 nitrogen and oxygen atoms in total. The predicted molar refractivity (Wildman–Crippen MR) is 57.7 cm³/mol. The van der Waals surface area contributed by atoms with Gasteiger partial charge in [-0.1, -0.05) is 27.7 Å². The number of hydrogen-bond acceptors (Lipinski definition) is 2. The lowest BCUT2D eigenvalue weighted by Crippen LogP contribution is -2.07. The van der Waals surface area contributed by atoms with Gasteiger partial charge in [0.15, 0.2) is 5.95 Å². The zero-order valence-corrected chi connectivity index (χ0v) is 9.41. The van der Waals surface area contributed by atoms with Gasteiger partial charge in [0.05, 0.1) is 0 Å². The Balaban J connectivity index is 2.13. The molecule has 0 unspecified atom stereocenters. The van der Waals surface area contributed by atoms with Gasteiger partial charge in [-0.3, -0.25) is 0 Å². The summed E-state index contributed by atoms with van der Waals surface area (Å²) in [5.74, 6) is 1.33. The van der Waals surface area contributed by atoms with Crippen molar-refractivity contribution in [1.29, 1.82) is 0 Å². The molecule has 1 aliphatic rings. The van der Waals surface area contributed by atoms with Crippen LogP contribution in [-0.4, -0.2) is 9.55 Å². The molecule has 0 aromatic carbocycles. The standard InChI is InChI=1S/C11H19N3/c1-10(2)8(11(10,3)4)7-14-6-5-13-9(14)12/h5-6,8H,7H2,1-4H3,(H2,12,13). The second-order valence-corrected chi connectivity index (χ2v) is 5.43. The van der Waals surface area contributed by atoms with Crippen molar-refractivity contribution in [2.45, 2.75) is 34.2 Å². The molecule has 3 heteroatoms. The van der Waals surface area contributed by atoms with E-state index in [0.29, 0.717) is 22.7 Å². The van der Waals surface area contributed by atoms with E-state index < -0.39 is 0 Å². The fraction of sp³-hybridized carbons (Fsp3) is 0.727. The van der Waals surface area contributed by atoms with Gasteiger partial charge in [-0.05, 0) is 16.7 Å². The molecule has 1 aliphatic carbocycles. The number of nitrogen functional groups attached to an aromatic ring is 1. The van der Waals surface area contributed by atoms with Crippen LogP contribution in [0.3, 0.4) is 0 Å². The molecule has 1 fully saturated rings. The maximum Gasteiger partial charge on any atom is 0.200 e. The normalized spacial score (nSPS) is 23.7. The van der Waals surface area contributed by atoms with E-state index in [2.05, 4.69) is 32.7 Å². The smallest absolute Gasteiger partial charge is 0.200 e. The summed E-state index contributed by atoms with van der Waals surface area (Å²) in [6.45, 7) is 10.3. The van der Waals surface area contributed by atoms with Crippen molar-refractivity contribution in [3.8, 4) is 0 Å². The molecule has 1 aromatic heterocycles. The maximum absolute atomic E-state index is 5.75. The van der Waals surface area contributed by atoms with Gasteiger partial charge in [0, 0.05) is 18.9 Å². The van der Waals surface area contributed by atoms with Crippen molar-refractivity contribution < 1.29 is 0 Å². The Bertz CT molecular complexity index is 335. The predicted octanol–water partition coefficient (Wildman–Crippen LogP) is 2.15. The molecular formula is C11H19N3. The lowest BCUT2D eigenvalue weighted by molar-refractivity contribution is 0.457. The van der Waals surface area contributed by atoms with Gasteiger partial charge in [0.25, 0.3) is 0 Å². The first kappa shape index (κ1) is 9.56. The Kier molecular flexibility index (Phi) is 1.72. The van der Waals surface area contributed by atoms with E-state index in [-0.39, 0.29) is 0 Å². The minimum absolute atomic E-state index is 0.420. The molecule has 1 saturated carbocycles. The molecule has 0 bridgehead atoms. The Labute approximate surface area is 85.3 Å². The zero-order valence-electron chi connectivity index (χ0n) is 9.41. The highest BCUT2D eigenvalue weighted by molar-refractivity contribution is 5.19. The molecule has 78 valence electrons. The van der Waals surface area contributed by atoms with Crippen LogP contribution >= 0.6 is 0 Å². The SMILES string of the molecule is CC1(C)C(Cn2ccnc2N)C1(C)C. The van der Waals surface area contributed by atoms with Crippen LogP contribution in [0.1, 0.15) is 27.7 Å². The molecule has 0 atom stereocenters. The summed E-state index contributed by atoms with van der Waals surface area (Å²) in [7, 11) is 0. The number of hydrogen-bond donors (Lipinski definition) is 1. The van der Waals surface area contributed by atoms with Gasteiger partial charge in [0.1, 0.15) is 0 Å². The summed E-state index contributed by atoms with van der Waals surface area (Å²) in [5, 5.41) is 0. The van der Waals surface area contributed by atoms with Crippen LogP contribution in [0.5, 0.6) is 0 Å². The van der Waals surface area contributed by atoms with Crippen LogP contribution in [0.4, 0.5) is 5.95 Å². The van der Waals surface area contributed by atoms with Crippen LogP contribution in [0.2, 0.25) is 0 Å². The van der Waals surface area contributed by atoms with Gasteiger partial charge in [-0.15, -0.1) is 0 Å². The largest absolute Gasteiger partial charge is 0.369 e. The highest BCUT2D eigenvalue weighted by Crippen LogP contribution is 2.68. The number of nitrogens with two attached hydrogens (primary N) is 1. The number of nitrogens with zero attached hydrogens (tertiary/aromatic N) is 2. The first-order valence-electron chi connectivity index (χ1n) is 5.14. The minimum Gasteiger partial charge on any atom is -0.369 e. The first-order chi connectivity index (χ1) is 6.37. The molecule has 0 radical (unpaired) electrons. The summed E-state index contributed by atoms with van der Waals surface area (Å²) in [6.07, 6.45) is 3.72. The van der Waals surface area contributed by atoms with Crippen LogP contribution in [0, 0.1) is 16.7 Å². The van der Waals surface area contributed by atoms with Gasteiger partial charge >= 0.3 is 0 Å². The van der Waals surface area contributed by atoms with Gasteiger partial charge in [0.2, 0.25) is 0 Å². The van der Waals surface area contributed by atoms with E-state index in [9.17, 15) is 0 Å². The first-order valence-corrected chi connectivity index (χ1v) is 5.14. The van der Waals surface area contributed by atoms with Crippen molar-refractivity contribution in [2.24, 2.45) is 16.7 Å². The molecule has 1 aromatic rings. The molecule has 0 spiro atoms. The van der Waals surface area contributed by atoms with Crippen molar-refractivity contribution >= 4 is 5.95 Å². The zero-order chi connectivity index (χ0) is 10.6. The molecule has 2 rings (SSSR count). The Morgan fingerprint density at radius 1 is 1.36 bits per heavy atom. The average molecular weight is 193 g/mol. The van der Waals surface area contributed by atoms with Crippen LogP contribution < -0.4 is 5.73 Å². The van der Waals surface area contributed by atoms with Crippen molar-refractivity contribution in [3.63, 3.8) is 0 Å². The Morgan fingerprint density at radius 3 is 2.29 bits per heavy atom. The molecule has 1 heterocycles. The summed E-state index contributed by atoms with van der Waals surface area (Å²) in [5.41, 5.74) is 6.59. The van der Waals surface area contributed by atoms with Crippen LogP contribution in [0.15, 0.2) is 12.4 Å². The number of imidazole rings is 1. The van der Waals surface area contributed by atoms with E-state index in [1.165, 1.54) is 0 Å². The average Bonchev–Trinajstić information content (AvgIpc) is 2.46. The molecule has 0 amide bonds. The van der Waals surface area contributed by atoms with Crippen molar-refractivity contribution in [1.82, 2.24) is 9.55 Å². The van der Waals surface area contributed by atoms with Gasteiger partial charge in [-0.2, -0.15) is 0 Å². The van der Waals surface area contributed by atoms with Crippen LogP contribution in [0.25, 0.3) is 0 Å². The fourth-order valence-electron chi connectivity index (χ4n) is 2.48. The third-order valence-corrected chi connectivity index (χ3v) is 4.45. The number of aromatic nitrogens is 2. The quantitative estimate of drug-likeness (QED) is 0.782. The fourth-order valence-corrected chi connectivity index (χ4v) is 2.48. The minimum atomic E-state index is 0.420. The van der Waals surface area contributed by atoms with E-state index >= 15 is 0 Å². The van der Waals surface area contributed by atoms with E-state index in [4.69, 9.17) is 5.73 Å². The highest BCUT2D eigenvalue weighted by atomic mass is 15.1. The number of anilines is 1. The summed E-state index contributed by atoms with van der Waals surface area (Å²) >= 11 is 0. The second-order valence-electron chi connectivity index (χ2n) is 5.43. The van der Waals surface area contributed by atoms with Crippen LogP contribution in [-0.2, 0) is 6.54 Å². The Morgan fingerprint density at radius 2 is 1.93 bits per heavy atom. The van der Waals surface area contributed by atoms with E-state index in [1.807, 2.05) is 10.8 Å². The van der Waals surface area contributed by atoms with Gasteiger partial charge < -0.3 is 10.3 Å². The highest BCUT2D eigenvalue weighted by Gasteiger charge is 2.64. The second kappa shape index (κ2) is 2.53. The number of rotatable bonds is 2. The summed E-state index contributed by atoms with van der Waals surface area (Å²) in [4.78, 5) is 4.03. The van der Waals surface area contributed by atoms with E-state index in [0.717, 1.165) is 6.54 Å². The third kappa shape index (κ3) is 1.08. The van der Waals surface area contributed by atoms with Crippen molar-refractivity contribution in [2.75, 3.05) is 5.73 Å². The monoisotopic (exact) mass is 193 g/mol. The lowest BCUT2D eigenvalue weighted by Gasteiger charge is -2.05. The third-order valence-electron chi connectivity index (χ3n) is 4.45. The topological polar surface area (TPSA) is 43.8 Å². The Hall–Kier alpha value is -0.990. The lowest BCUT2D eigenvalue weighted by atomic mass is 10.0. The van der Waals surface area contributed by atoms with Crippen molar-refractivity contribution in [3.05, 3.63) is 12.4 Å². The van der Waals surface area contributed by atoms with E-state index in [1.54, 1.807) is 6.20 Å². The molecule has 14 heavy (non-hydrogen) atoms. The summed E-state index contributed by atoms with van der Waals surface area (Å²) < 4.78 is 2.04. The van der Waals surface area contributed by atoms with Gasteiger partial charge in [-0.25, -0.2) is 4.98 Å².